The number of carbonyl (C=O) groups is 1. The van der Waals surface area contributed by atoms with Gasteiger partial charge in [0.15, 0.2) is 5.69 Å². The lowest BCUT2D eigenvalue weighted by Crippen LogP contribution is -2.36. The quantitative estimate of drug-likeness (QED) is 0.879. The zero-order chi connectivity index (χ0) is 17.1. The van der Waals surface area contributed by atoms with Gasteiger partial charge < -0.3 is 10.1 Å². The summed E-state index contributed by atoms with van der Waals surface area (Å²) in [7, 11) is 0. The Morgan fingerprint density at radius 2 is 2.33 bits per heavy atom. The number of ether oxygens (including phenoxy) is 1. The Kier molecular flexibility index (Phi) is 4.99. The first-order valence-electron chi connectivity index (χ1n) is 8.54. The molecular weight excluding hydrogens is 306 g/mol. The van der Waals surface area contributed by atoms with Crippen LogP contribution in [0.4, 0.5) is 0 Å². The van der Waals surface area contributed by atoms with Crippen LogP contribution >= 0.6 is 0 Å². The lowest BCUT2D eigenvalue weighted by atomic mass is 9.92. The van der Waals surface area contributed by atoms with Crippen molar-refractivity contribution in [2.45, 2.75) is 46.3 Å². The Hall–Kier alpha value is -2.15. The molecule has 1 aliphatic rings. The molecule has 2 aromatic rings. The maximum atomic E-state index is 12.4. The van der Waals surface area contributed by atoms with E-state index in [1.54, 1.807) is 0 Å². The van der Waals surface area contributed by atoms with E-state index in [9.17, 15) is 4.79 Å². The van der Waals surface area contributed by atoms with Gasteiger partial charge in [-0.25, -0.2) is 0 Å². The van der Waals surface area contributed by atoms with Crippen molar-refractivity contribution < 1.29 is 9.53 Å². The predicted molar refractivity (Wildman–Crippen MR) is 89.7 cm³/mol. The molecule has 1 amide bonds. The molecule has 0 aromatic carbocycles. The van der Waals surface area contributed by atoms with Crippen LogP contribution in [-0.2, 0) is 11.3 Å². The normalized spacial score (nSPS) is 21.0. The van der Waals surface area contributed by atoms with Crippen molar-refractivity contribution in [2.24, 2.45) is 5.92 Å². The number of nitrogens with one attached hydrogen (secondary N) is 2. The van der Waals surface area contributed by atoms with Crippen LogP contribution in [0.2, 0.25) is 0 Å². The van der Waals surface area contributed by atoms with E-state index < -0.39 is 0 Å². The van der Waals surface area contributed by atoms with Crippen molar-refractivity contribution in [3.63, 3.8) is 0 Å². The number of aromatic nitrogens is 4. The highest BCUT2D eigenvalue weighted by molar-refractivity contribution is 5.93. The van der Waals surface area contributed by atoms with Crippen LogP contribution in [0.1, 0.15) is 53.3 Å². The van der Waals surface area contributed by atoms with Crippen molar-refractivity contribution >= 4 is 5.91 Å². The third-order valence-electron chi connectivity index (χ3n) is 4.78. The van der Waals surface area contributed by atoms with Gasteiger partial charge in [0.05, 0.1) is 5.69 Å². The number of hydrogen-bond donors (Lipinski definition) is 2. The van der Waals surface area contributed by atoms with Crippen LogP contribution in [0, 0.1) is 19.8 Å². The van der Waals surface area contributed by atoms with Crippen molar-refractivity contribution in [1.82, 2.24) is 25.3 Å². The average Bonchev–Trinajstić information content (AvgIpc) is 3.20. The lowest BCUT2D eigenvalue weighted by molar-refractivity contribution is -0.0321. The van der Waals surface area contributed by atoms with Gasteiger partial charge in [0.2, 0.25) is 0 Å². The minimum atomic E-state index is -0.134. The van der Waals surface area contributed by atoms with Crippen LogP contribution in [0.5, 0.6) is 0 Å². The zero-order valence-electron chi connectivity index (χ0n) is 14.5. The maximum absolute atomic E-state index is 12.4. The van der Waals surface area contributed by atoms with Gasteiger partial charge in [-0.05, 0) is 39.7 Å². The highest BCUT2D eigenvalue weighted by Crippen LogP contribution is 2.33. The molecule has 0 unspecified atom stereocenters. The molecule has 2 aromatic heterocycles. The number of aromatic amines is 1. The molecule has 3 rings (SSSR count). The predicted octanol–water partition coefficient (Wildman–Crippen LogP) is 2.14. The largest absolute Gasteiger partial charge is 0.372 e. The number of hydrogen-bond acceptors (Lipinski definition) is 4. The Morgan fingerprint density at radius 3 is 3.04 bits per heavy atom. The zero-order valence-corrected chi connectivity index (χ0v) is 14.5. The molecule has 2 atom stereocenters. The fourth-order valence-corrected chi connectivity index (χ4v) is 3.24. The third kappa shape index (κ3) is 3.21. The van der Waals surface area contributed by atoms with Gasteiger partial charge in [0.25, 0.3) is 5.91 Å². The Labute approximate surface area is 141 Å². The van der Waals surface area contributed by atoms with E-state index in [4.69, 9.17) is 4.74 Å². The van der Waals surface area contributed by atoms with E-state index in [-0.39, 0.29) is 17.9 Å². The molecular formula is C17H25N5O2. The lowest BCUT2D eigenvalue weighted by Gasteiger charge is -2.32. The number of carbonyl (C=O) groups excluding carboxylic acids is 1. The minimum absolute atomic E-state index is 0.0245. The van der Waals surface area contributed by atoms with E-state index in [0.29, 0.717) is 12.2 Å². The summed E-state index contributed by atoms with van der Waals surface area (Å²) in [5, 5.41) is 14.3. The van der Waals surface area contributed by atoms with E-state index in [2.05, 4.69) is 27.5 Å². The van der Waals surface area contributed by atoms with Gasteiger partial charge in [-0.1, -0.05) is 0 Å². The van der Waals surface area contributed by atoms with Crippen molar-refractivity contribution in [2.75, 3.05) is 13.2 Å². The minimum Gasteiger partial charge on any atom is -0.372 e. The molecule has 7 heteroatoms. The van der Waals surface area contributed by atoms with E-state index in [1.165, 1.54) is 0 Å². The molecule has 0 spiro atoms. The van der Waals surface area contributed by atoms with Crippen LogP contribution in [0.3, 0.4) is 0 Å². The fourth-order valence-electron chi connectivity index (χ4n) is 3.24. The molecule has 0 aliphatic carbocycles. The number of nitrogens with zero attached hydrogens (tertiary/aromatic N) is 3. The first kappa shape index (κ1) is 16.7. The van der Waals surface area contributed by atoms with Crippen LogP contribution in [0.25, 0.3) is 0 Å². The Balaban J connectivity index is 1.68. The molecule has 3 heterocycles. The summed E-state index contributed by atoms with van der Waals surface area (Å²) in [6.07, 6.45) is 3.82. The van der Waals surface area contributed by atoms with E-state index in [1.807, 2.05) is 30.8 Å². The number of H-pyrrole nitrogens is 1. The van der Waals surface area contributed by atoms with Crippen molar-refractivity contribution in [3.05, 3.63) is 34.9 Å². The number of aryl methyl sites for hydroxylation is 2. The van der Waals surface area contributed by atoms with Gasteiger partial charge in [0, 0.05) is 43.1 Å². The summed E-state index contributed by atoms with van der Waals surface area (Å²) in [6, 6.07) is 2.01. The molecule has 1 saturated heterocycles. The monoisotopic (exact) mass is 331 g/mol. The SMILES string of the molecule is CCn1nccc1[C@@H]1OCCC[C@H]1CNC(=O)c1n[nH]c(C)c1C. The highest BCUT2D eigenvalue weighted by Gasteiger charge is 2.30. The molecule has 2 N–H and O–H groups in total. The summed E-state index contributed by atoms with van der Waals surface area (Å²) in [5.41, 5.74) is 3.38. The Bertz CT molecular complexity index is 706. The molecule has 1 aliphatic heterocycles. The molecule has 0 saturated carbocycles. The fraction of sp³-hybridized carbons (Fsp3) is 0.588. The molecule has 24 heavy (non-hydrogen) atoms. The smallest absolute Gasteiger partial charge is 0.272 e. The molecule has 0 bridgehead atoms. The summed E-state index contributed by atoms with van der Waals surface area (Å²) < 4.78 is 7.97. The highest BCUT2D eigenvalue weighted by atomic mass is 16.5. The van der Waals surface area contributed by atoms with Crippen LogP contribution in [-0.4, -0.2) is 39.0 Å². The second-order valence-electron chi connectivity index (χ2n) is 6.30. The third-order valence-corrected chi connectivity index (χ3v) is 4.78. The van der Waals surface area contributed by atoms with E-state index >= 15 is 0 Å². The molecule has 0 radical (unpaired) electrons. The molecule has 1 fully saturated rings. The summed E-state index contributed by atoms with van der Waals surface area (Å²) >= 11 is 0. The van der Waals surface area contributed by atoms with Gasteiger partial charge in [0.1, 0.15) is 6.10 Å². The van der Waals surface area contributed by atoms with Crippen LogP contribution < -0.4 is 5.32 Å². The summed E-state index contributed by atoms with van der Waals surface area (Å²) in [6.45, 7) is 8.02. The number of rotatable bonds is 5. The first-order valence-corrected chi connectivity index (χ1v) is 8.54. The average molecular weight is 331 g/mol. The van der Waals surface area contributed by atoms with Crippen LogP contribution in [0.15, 0.2) is 12.3 Å². The Morgan fingerprint density at radius 1 is 1.50 bits per heavy atom. The van der Waals surface area contributed by atoms with Crippen molar-refractivity contribution in [1.29, 1.82) is 0 Å². The first-order chi connectivity index (χ1) is 11.6. The van der Waals surface area contributed by atoms with Gasteiger partial charge in [-0.2, -0.15) is 10.2 Å². The second kappa shape index (κ2) is 7.17. The molecule has 7 nitrogen and oxygen atoms in total. The van der Waals surface area contributed by atoms with Crippen molar-refractivity contribution in [3.8, 4) is 0 Å². The topological polar surface area (TPSA) is 84.8 Å². The summed E-state index contributed by atoms with van der Waals surface area (Å²) in [4.78, 5) is 12.4. The van der Waals surface area contributed by atoms with E-state index in [0.717, 1.165) is 42.9 Å². The van der Waals surface area contributed by atoms with Gasteiger partial charge in [-0.3, -0.25) is 14.6 Å². The van der Waals surface area contributed by atoms with Gasteiger partial charge >= 0.3 is 0 Å². The van der Waals surface area contributed by atoms with Gasteiger partial charge in [-0.15, -0.1) is 0 Å². The second-order valence-corrected chi connectivity index (χ2v) is 6.30. The maximum Gasteiger partial charge on any atom is 0.272 e. The summed E-state index contributed by atoms with van der Waals surface area (Å²) in [5.74, 6) is 0.107. The molecule has 130 valence electrons. The standard InChI is InChI=1S/C17H25N5O2/c1-4-22-14(7-8-19-22)16-13(6-5-9-24-16)10-18-17(23)15-11(2)12(3)20-21-15/h7-8,13,16H,4-6,9-10H2,1-3H3,(H,18,23)(H,20,21)/t13-,16+/m0/s1. The number of amides is 1.